The molecule has 0 saturated carbocycles. The molecule has 4 rings (SSSR count). The predicted octanol–water partition coefficient (Wildman–Crippen LogP) is 4.09. The van der Waals surface area contributed by atoms with Crippen LogP contribution in [0.25, 0.3) is 22.3 Å². The lowest BCUT2D eigenvalue weighted by Crippen LogP contribution is -2.28. The number of hydrogen-bond donors (Lipinski definition) is 1. The Balaban J connectivity index is 2.08. The molecule has 0 saturated heterocycles. The van der Waals surface area contributed by atoms with Gasteiger partial charge in [-0.1, -0.05) is 23.7 Å². The number of carboxylic acids is 1. The van der Waals surface area contributed by atoms with Crippen molar-refractivity contribution in [3.63, 3.8) is 0 Å². The highest BCUT2D eigenvalue weighted by atomic mass is 35.5. The van der Waals surface area contributed by atoms with Gasteiger partial charge in [0.1, 0.15) is 0 Å². The number of imidazole rings is 1. The van der Waals surface area contributed by atoms with E-state index in [9.17, 15) is 14.7 Å². The normalized spacial score (nSPS) is 12.9. The summed E-state index contributed by atoms with van der Waals surface area (Å²) in [6.45, 7) is 7.41. The molecule has 0 bridgehead atoms. The lowest BCUT2D eigenvalue weighted by atomic mass is 9.93. The smallest absolute Gasteiger partial charge is 0.337 e. The number of fused-ring (bicyclic) bond motifs is 1. The van der Waals surface area contributed by atoms with Crippen LogP contribution in [-0.2, 0) is 30.2 Å². The first kappa shape index (κ1) is 24.7. The molecule has 0 fully saturated rings. The Hall–Kier alpha value is -3.43. The van der Waals surface area contributed by atoms with Crippen LogP contribution in [0, 0.1) is 6.92 Å². The fourth-order valence-electron chi connectivity index (χ4n) is 4.26. The average molecular weight is 498 g/mol. The van der Waals surface area contributed by atoms with Crippen molar-refractivity contribution in [2.24, 2.45) is 14.1 Å². The van der Waals surface area contributed by atoms with Gasteiger partial charge in [-0.3, -0.25) is 13.8 Å². The molecular weight excluding hydrogens is 470 g/mol. The van der Waals surface area contributed by atoms with Crippen molar-refractivity contribution in [3.8, 4) is 11.1 Å². The quantitative estimate of drug-likeness (QED) is 0.430. The van der Waals surface area contributed by atoms with Gasteiger partial charge in [-0.25, -0.2) is 14.6 Å². The zero-order chi connectivity index (χ0) is 25.7. The van der Waals surface area contributed by atoms with E-state index in [4.69, 9.17) is 21.3 Å². The Morgan fingerprint density at radius 3 is 2.40 bits per heavy atom. The highest BCUT2D eigenvalue weighted by molar-refractivity contribution is 6.30. The minimum Gasteiger partial charge on any atom is -0.479 e. The third-order valence-electron chi connectivity index (χ3n) is 5.68. The van der Waals surface area contributed by atoms with Crippen LogP contribution < -0.4 is 5.69 Å². The van der Waals surface area contributed by atoms with Gasteiger partial charge in [0.2, 0.25) is 0 Å². The van der Waals surface area contributed by atoms with E-state index in [1.165, 1.54) is 4.57 Å². The molecule has 0 radical (unpaired) electrons. The molecule has 0 spiro atoms. The van der Waals surface area contributed by atoms with E-state index in [1.54, 1.807) is 74.5 Å². The van der Waals surface area contributed by atoms with Crippen molar-refractivity contribution in [2.45, 2.75) is 45.9 Å². The highest BCUT2D eigenvalue weighted by Crippen LogP contribution is 2.39. The van der Waals surface area contributed by atoms with Crippen LogP contribution in [0.4, 0.5) is 0 Å². The van der Waals surface area contributed by atoms with Crippen molar-refractivity contribution in [2.75, 3.05) is 0 Å². The average Bonchev–Trinajstić information content (AvgIpc) is 3.28. The third-order valence-corrected chi connectivity index (χ3v) is 5.93. The van der Waals surface area contributed by atoms with E-state index in [-0.39, 0.29) is 12.2 Å². The molecule has 0 amide bonds. The maximum atomic E-state index is 13.4. The molecule has 0 aliphatic heterocycles. The molecule has 9 nitrogen and oxygen atoms in total. The van der Waals surface area contributed by atoms with Gasteiger partial charge in [0.25, 0.3) is 0 Å². The zero-order valence-corrected chi connectivity index (χ0v) is 21.3. The zero-order valence-electron chi connectivity index (χ0n) is 20.5. The van der Waals surface area contributed by atoms with E-state index < -0.39 is 17.7 Å². The molecular formula is C25H28ClN5O4. The first-order valence-electron chi connectivity index (χ1n) is 11.1. The SMILES string of the molecule is Cc1nc2c(c(-c3ccc(Cl)cc3)c1[C@H](OC(C)(C)C)C(=O)O)n(C)c(=O)n2Cc1cnn(C)c1. The van der Waals surface area contributed by atoms with Crippen LogP contribution in [0.3, 0.4) is 0 Å². The fourth-order valence-corrected chi connectivity index (χ4v) is 4.39. The summed E-state index contributed by atoms with van der Waals surface area (Å²) in [6, 6.07) is 7.07. The summed E-state index contributed by atoms with van der Waals surface area (Å²) in [7, 11) is 3.47. The number of aromatic nitrogens is 5. The summed E-state index contributed by atoms with van der Waals surface area (Å²) in [5.41, 5.74) is 2.95. The Morgan fingerprint density at radius 2 is 1.86 bits per heavy atom. The van der Waals surface area contributed by atoms with E-state index in [2.05, 4.69) is 5.10 Å². The Labute approximate surface area is 207 Å². The molecule has 0 unspecified atom stereocenters. The standard InChI is InChI=1S/C25H28ClN5O4/c1-14-18(21(23(32)33)35-25(2,3)4)19(16-7-9-17(26)10-8-16)20-22(28-14)31(24(34)30(20)6)13-15-11-27-29(5)12-15/h7-12,21H,13H2,1-6H3,(H,32,33)/t21-/m0/s1. The van der Waals surface area contributed by atoms with Crippen LogP contribution in [0.15, 0.2) is 41.5 Å². The minimum atomic E-state index is -1.30. The summed E-state index contributed by atoms with van der Waals surface area (Å²) >= 11 is 6.14. The lowest BCUT2D eigenvalue weighted by Gasteiger charge is -2.28. The number of halogens is 1. The summed E-state index contributed by atoms with van der Waals surface area (Å²) in [6.07, 6.45) is 2.24. The van der Waals surface area contributed by atoms with Crippen molar-refractivity contribution in [1.29, 1.82) is 0 Å². The number of ether oxygens (including phenoxy) is 1. The number of benzene rings is 1. The molecule has 1 atom stereocenters. The van der Waals surface area contributed by atoms with Crippen molar-refractivity contribution >= 4 is 28.7 Å². The molecule has 1 aromatic carbocycles. The van der Waals surface area contributed by atoms with Crippen LogP contribution in [-0.4, -0.2) is 40.6 Å². The molecule has 184 valence electrons. The van der Waals surface area contributed by atoms with Crippen LogP contribution >= 0.6 is 11.6 Å². The highest BCUT2D eigenvalue weighted by Gasteiger charge is 2.34. The van der Waals surface area contributed by atoms with Crippen molar-refractivity contribution in [3.05, 3.63) is 69.0 Å². The van der Waals surface area contributed by atoms with E-state index in [0.717, 1.165) is 5.56 Å². The lowest BCUT2D eigenvalue weighted by molar-refractivity contribution is -0.160. The monoisotopic (exact) mass is 497 g/mol. The Morgan fingerprint density at radius 1 is 1.20 bits per heavy atom. The van der Waals surface area contributed by atoms with Crippen molar-refractivity contribution in [1.82, 2.24) is 23.9 Å². The van der Waals surface area contributed by atoms with Gasteiger partial charge in [0.05, 0.1) is 23.9 Å². The largest absolute Gasteiger partial charge is 0.479 e. The molecule has 4 aromatic rings. The summed E-state index contributed by atoms with van der Waals surface area (Å²) in [5, 5.41) is 14.9. The number of pyridine rings is 1. The summed E-state index contributed by atoms with van der Waals surface area (Å²) in [4.78, 5) is 30.6. The molecule has 35 heavy (non-hydrogen) atoms. The Bertz CT molecular complexity index is 1480. The van der Waals surface area contributed by atoms with Crippen LogP contribution in [0.1, 0.15) is 43.7 Å². The van der Waals surface area contributed by atoms with Gasteiger partial charge in [-0.15, -0.1) is 0 Å². The number of carbonyl (C=O) groups is 1. The Kier molecular flexibility index (Phi) is 6.33. The number of aryl methyl sites for hydroxylation is 3. The number of aliphatic carboxylic acids is 1. The van der Waals surface area contributed by atoms with Crippen molar-refractivity contribution < 1.29 is 14.6 Å². The molecule has 3 heterocycles. The minimum absolute atomic E-state index is 0.272. The third kappa shape index (κ3) is 4.74. The van der Waals surface area contributed by atoms with Gasteiger partial charge in [-0.05, 0) is 45.4 Å². The number of hydrogen-bond acceptors (Lipinski definition) is 5. The second kappa shape index (κ2) is 8.98. The second-order valence-electron chi connectivity index (χ2n) is 9.56. The van der Waals surface area contributed by atoms with Gasteiger partial charge < -0.3 is 9.84 Å². The van der Waals surface area contributed by atoms with E-state index in [1.807, 2.05) is 13.2 Å². The maximum Gasteiger partial charge on any atom is 0.337 e. The summed E-state index contributed by atoms with van der Waals surface area (Å²) in [5.74, 6) is -1.14. The number of rotatable bonds is 6. The fraction of sp³-hybridized carbons (Fsp3) is 0.360. The van der Waals surface area contributed by atoms with Crippen LogP contribution in [0.5, 0.6) is 0 Å². The molecule has 1 N–H and O–H groups in total. The first-order valence-corrected chi connectivity index (χ1v) is 11.5. The van der Waals surface area contributed by atoms with E-state index in [0.29, 0.717) is 38.6 Å². The molecule has 3 aromatic heterocycles. The summed E-state index contributed by atoms with van der Waals surface area (Å²) < 4.78 is 10.7. The van der Waals surface area contributed by atoms with Gasteiger partial charge >= 0.3 is 11.7 Å². The van der Waals surface area contributed by atoms with Crippen LogP contribution in [0.2, 0.25) is 5.02 Å². The number of nitrogens with zero attached hydrogens (tertiary/aromatic N) is 5. The molecule has 0 aliphatic rings. The topological polar surface area (TPSA) is 104 Å². The van der Waals surface area contributed by atoms with Gasteiger partial charge in [0, 0.05) is 47.7 Å². The molecule has 10 heteroatoms. The molecule has 0 aliphatic carbocycles. The predicted molar refractivity (Wildman–Crippen MR) is 134 cm³/mol. The second-order valence-corrected chi connectivity index (χ2v) is 10.00. The first-order chi connectivity index (χ1) is 16.4. The van der Waals surface area contributed by atoms with Gasteiger partial charge in [-0.2, -0.15) is 5.10 Å². The maximum absolute atomic E-state index is 13.4. The number of carboxylic acid groups (broad SMARTS) is 1. The van der Waals surface area contributed by atoms with Gasteiger partial charge in [0.15, 0.2) is 11.8 Å². The van der Waals surface area contributed by atoms with E-state index >= 15 is 0 Å².